The number of allylic oxidation sites excluding steroid dienone is 7. The van der Waals surface area contributed by atoms with Gasteiger partial charge in [0.25, 0.3) is 0 Å². The van der Waals surface area contributed by atoms with Gasteiger partial charge in [0.15, 0.2) is 6.29 Å². The Labute approximate surface area is 354 Å². The maximum absolute atomic E-state index is 13.0. The van der Waals surface area contributed by atoms with E-state index in [0.29, 0.717) is 6.42 Å². The number of nitrogens with one attached hydrogen (secondary N) is 1. The average Bonchev–Trinajstić information content (AvgIpc) is 3.22. The van der Waals surface area contributed by atoms with Crippen LogP contribution in [0.4, 0.5) is 0 Å². The fraction of sp³-hybridized carbons (Fsp3) is 0.816. The topological polar surface area (TPSA) is 149 Å². The molecule has 0 radical (unpaired) electrons. The Morgan fingerprint density at radius 2 is 1.02 bits per heavy atom. The summed E-state index contributed by atoms with van der Waals surface area (Å²) in [4.78, 5) is 13.0. The number of hydrogen-bond acceptors (Lipinski definition) is 8. The summed E-state index contributed by atoms with van der Waals surface area (Å²) in [6.07, 6.45) is 42.9. The average molecular weight is 820 g/mol. The van der Waals surface area contributed by atoms with E-state index in [1.807, 2.05) is 6.08 Å². The highest BCUT2D eigenvalue weighted by Gasteiger charge is 2.44. The number of rotatable bonds is 39. The van der Waals surface area contributed by atoms with Crippen LogP contribution in [0.5, 0.6) is 0 Å². The zero-order valence-corrected chi connectivity index (χ0v) is 37.0. The van der Waals surface area contributed by atoms with E-state index >= 15 is 0 Å². The lowest BCUT2D eigenvalue weighted by molar-refractivity contribution is -0.302. The zero-order valence-electron chi connectivity index (χ0n) is 37.0. The lowest BCUT2D eigenvalue weighted by Gasteiger charge is -2.40. The molecule has 58 heavy (non-hydrogen) atoms. The number of ether oxygens (including phenoxy) is 2. The van der Waals surface area contributed by atoms with Crippen molar-refractivity contribution in [2.45, 2.75) is 243 Å². The summed E-state index contributed by atoms with van der Waals surface area (Å²) in [6, 6.07) is -0.812. The lowest BCUT2D eigenvalue weighted by atomic mass is 9.99. The first kappa shape index (κ1) is 54.2. The van der Waals surface area contributed by atoms with Crippen molar-refractivity contribution in [3.63, 3.8) is 0 Å². The Morgan fingerprint density at radius 1 is 0.586 bits per heavy atom. The maximum Gasteiger partial charge on any atom is 0.220 e. The number of aliphatic hydroxyl groups is 5. The van der Waals surface area contributed by atoms with E-state index in [4.69, 9.17) is 9.47 Å². The molecule has 6 N–H and O–H groups in total. The minimum absolute atomic E-state index is 0.191. The minimum Gasteiger partial charge on any atom is -0.394 e. The Bertz CT molecular complexity index is 1050. The van der Waals surface area contributed by atoms with E-state index in [1.165, 1.54) is 116 Å². The van der Waals surface area contributed by atoms with Gasteiger partial charge in [0, 0.05) is 6.42 Å². The number of carbonyl (C=O) groups is 1. The van der Waals surface area contributed by atoms with Crippen molar-refractivity contribution >= 4 is 5.91 Å². The molecule has 7 unspecified atom stereocenters. The van der Waals surface area contributed by atoms with Crippen LogP contribution in [0.15, 0.2) is 48.6 Å². The second-order valence-electron chi connectivity index (χ2n) is 16.5. The van der Waals surface area contributed by atoms with Crippen molar-refractivity contribution in [1.82, 2.24) is 5.32 Å². The first-order valence-electron chi connectivity index (χ1n) is 23.9. The van der Waals surface area contributed by atoms with Crippen molar-refractivity contribution in [3.05, 3.63) is 48.6 Å². The van der Waals surface area contributed by atoms with E-state index in [9.17, 15) is 30.3 Å². The van der Waals surface area contributed by atoms with Gasteiger partial charge in [-0.2, -0.15) is 0 Å². The highest BCUT2D eigenvalue weighted by Crippen LogP contribution is 2.22. The molecule has 9 nitrogen and oxygen atoms in total. The molecule has 0 aromatic rings. The zero-order chi connectivity index (χ0) is 42.3. The van der Waals surface area contributed by atoms with Gasteiger partial charge >= 0.3 is 0 Å². The standard InChI is InChI=1S/C49H89NO8/c1-3-5-7-9-11-13-15-17-19-20-21-22-23-24-25-27-29-31-33-35-37-39-45(53)50-42(41-57-49-48(56)47(55)46(54)44(40-51)58-49)43(52)38-36-34-32-30-28-26-18-16-14-12-10-8-6-4-2/h15,17,20-21,23-24,36,38,42-44,46-49,51-52,54-56H,3-14,16,18-19,22,25-35,37,39-41H2,1-2H3,(H,50,53)/b17-15-,21-20-,24-23-,38-36+. The molecule has 338 valence electrons. The number of carbonyl (C=O) groups excluding carboxylic acids is 1. The quantitative estimate of drug-likeness (QED) is 0.0265. The van der Waals surface area contributed by atoms with Crippen molar-refractivity contribution < 1.29 is 39.8 Å². The highest BCUT2D eigenvalue weighted by atomic mass is 16.7. The second kappa shape index (κ2) is 39.3. The fourth-order valence-corrected chi connectivity index (χ4v) is 7.28. The van der Waals surface area contributed by atoms with E-state index < -0.39 is 49.5 Å². The summed E-state index contributed by atoms with van der Waals surface area (Å²) in [5.41, 5.74) is 0. The molecule has 0 aliphatic carbocycles. The Kier molecular flexibility index (Phi) is 36.7. The Balaban J connectivity index is 2.34. The molecule has 1 saturated heterocycles. The van der Waals surface area contributed by atoms with Crippen LogP contribution in [0.2, 0.25) is 0 Å². The summed E-state index contributed by atoms with van der Waals surface area (Å²) < 4.78 is 11.2. The van der Waals surface area contributed by atoms with Crippen LogP contribution < -0.4 is 5.32 Å². The van der Waals surface area contributed by atoms with Crippen LogP contribution in [-0.2, 0) is 14.3 Å². The minimum atomic E-state index is -1.57. The Hall–Kier alpha value is -1.85. The summed E-state index contributed by atoms with van der Waals surface area (Å²) in [7, 11) is 0. The van der Waals surface area contributed by atoms with Gasteiger partial charge in [-0.15, -0.1) is 0 Å². The first-order valence-corrected chi connectivity index (χ1v) is 23.9. The van der Waals surface area contributed by atoms with Crippen LogP contribution in [0.1, 0.15) is 200 Å². The molecule has 0 aromatic heterocycles. The Morgan fingerprint density at radius 3 is 1.50 bits per heavy atom. The summed E-state index contributed by atoms with van der Waals surface area (Å²) in [5.74, 6) is -0.191. The fourth-order valence-electron chi connectivity index (χ4n) is 7.28. The van der Waals surface area contributed by atoms with Gasteiger partial charge in [0.1, 0.15) is 24.4 Å². The predicted molar refractivity (Wildman–Crippen MR) is 239 cm³/mol. The molecular weight excluding hydrogens is 731 g/mol. The van der Waals surface area contributed by atoms with Crippen molar-refractivity contribution in [2.24, 2.45) is 0 Å². The molecule has 1 rings (SSSR count). The predicted octanol–water partition coefficient (Wildman–Crippen LogP) is 10.2. The SMILES string of the molecule is CCCCCCC/C=C\C/C=C\C/C=C\CCCCCCCCC(=O)NC(COC1OC(CO)C(O)C(O)C1O)C(O)/C=C/CCCCCCCCCCCCCC. The molecule has 1 aliphatic heterocycles. The van der Waals surface area contributed by atoms with Gasteiger partial charge < -0.3 is 40.3 Å². The van der Waals surface area contributed by atoms with Gasteiger partial charge in [-0.1, -0.05) is 184 Å². The molecule has 1 amide bonds. The molecule has 0 bridgehead atoms. The van der Waals surface area contributed by atoms with Gasteiger partial charge in [0.05, 0.1) is 25.4 Å². The molecule has 1 fully saturated rings. The normalized spacial score (nSPS) is 21.3. The molecule has 7 atom stereocenters. The van der Waals surface area contributed by atoms with Crippen molar-refractivity contribution in [3.8, 4) is 0 Å². The van der Waals surface area contributed by atoms with Crippen LogP contribution in [0.3, 0.4) is 0 Å². The summed E-state index contributed by atoms with van der Waals surface area (Å²) in [5, 5.41) is 54.2. The van der Waals surface area contributed by atoms with E-state index in [0.717, 1.165) is 64.2 Å². The number of amides is 1. The van der Waals surface area contributed by atoms with E-state index in [1.54, 1.807) is 6.08 Å². The number of hydrogen-bond donors (Lipinski definition) is 6. The van der Waals surface area contributed by atoms with Crippen molar-refractivity contribution in [1.29, 1.82) is 0 Å². The van der Waals surface area contributed by atoms with Crippen LogP contribution in [0, 0.1) is 0 Å². The molecule has 1 heterocycles. The van der Waals surface area contributed by atoms with Gasteiger partial charge in [-0.3, -0.25) is 4.79 Å². The first-order chi connectivity index (χ1) is 28.3. The van der Waals surface area contributed by atoms with Crippen molar-refractivity contribution in [2.75, 3.05) is 13.2 Å². The lowest BCUT2D eigenvalue weighted by Crippen LogP contribution is -2.60. The third-order valence-corrected chi connectivity index (χ3v) is 11.1. The van der Waals surface area contributed by atoms with Gasteiger partial charge in [0.2, 0.25) is 5.91 Å². The highest BCUT2D eigenvalue weighted by molar-refractivity contribution is 5.76. The third kappa shape index (κ3) is 29.4. The molecular formula is C49H89NO8. The largest absolute Gasteiger partial charge is 0.394 e. The third-order valence-electron chi connectivity index (χ3n) is 11.1. The van der Waals surface area contributed by atoms with Crippen LogP contribution >= 0.6 is 0 Å². The monoisotopic (exact) mass is 820 g/mol. The number of aliphatic hydroxyl groups excluding tert-OH is 5. The molecule has 1 aliphatic rings. The summed E-state index contributed by atoms with van der Waals surface area (Å²) in [6.45, 7) is 3.75. The van der Waals surface area contributed by atoms with E-state index in [2.05, 4.69) is 55.6 Å². The second-order valence-corrected chi connectivity index (χ2v) is 16.5. The number of unbranched alkanes of at least 4 members (excludes halogenated alkanes) is 23. The maximum atomic E-state index is 13.0. The molecule has 9 heteroatoms. The summed E-state index contributed by atoms with van der Waals surface area (Å²) >= 11 is 0. The van der Waals surface area contributed by atoms with Gasteiger partial charge in [-0.05, 0) is 57.8 Å². The van der Waals surface area contributed by atoms with E-state index in [-0.39, 0.29) is 12.5 Å². The van der Waals surface area contributed by atoms with Crippen LogP contribution in [-0.4, -0.2) is 87.5 Å². The van der Waals surface area contributed by atoms with Gasteiger partial charge in [-0.25, -0.2) is 0 Å². The van der Waals surface area contributed by atoms with Crippen LogP contribution in [0.25, 0.3) is 0 Å². The molecule has 0 saturated carbocycles. The molecule has 0 spiro atoms. The smallest absolute Gasteiger partial charge is 0.220 e. The molecule has 0 aromatic carbocycles.